The molecule has 1 unspecified atom stereocenters. The van der Waals surface area contributed by atoms with Gasteiger partial charge in [-0.15, -0.1) is 5.10 Å². The largest absolute Gasteiger partial charge is 0.497 e. The van der Waals surface area contributed by atoms with Crippen LogP contribution in [-0.4, -0.2) is 39.0 Å². The molecule has 1 aliphatic rings. The van der Waals surface area contributed by atoms with Crippen molar-refractivity contribution in [3.63, 3.8) is 0 Å². The molecule has 1 amide bonds. The van der Waals surface area contributed by atoms with Crippen LogP contribution in [-0.2, 0) is 4.79 Å². The summed E-state index contributed by atoms with van der Waals surface area (Å²) < 4.78 is 7.10. The van der Waals surface area contributed by atoms with Crippen LogP contribution in [0, 0.1) is 5.92 Å². The molecule has 0 aliphatic heterocycles. The standard InChI is InChI=1S/C19H27N5O2S/c1-13(2)18(14-8-10-16(26-3)11-9-14)20-17(25)12-27-19-21-22-23-24(19)15-6-4-5-7-15/h8-11,13,15,18H,4-7,12H2,1-3H3,(H,20,25). The summed E-state index contributed by atoms with van der Waals surface area (Å²) in [4.78, 5) is 12.5. The van der Waals surface area contributed by atoms with E-state index in [1.807, 2.05) is 28.9 Å². The summed E-state index contributed by atoms with van der Waals surface area (Å²) in [5.74, 6) is 1.36. The summed E-state index contributed by atoms with van der Waals surface area (Å²) in [6.45, 7) is 4.20. The number of methoxy groups -OCH3 is 1. The van der Waals surface area contributed by atoms with Gasteiger partial charge in [-0.2, -0.15) is 0 Å². The maximum absolute atomic E-state index is 12.5. The van der Waals surface area contributed by atoms with Gasteiger partial charge in [0.25, 0.3) is 0 Å². The lowest BCUT2D eigenvalue weighted by Crippen LogP contribution is -2.33. The van der Waals surface area contributed by atoms with Crippen molar-refractivity contribution < 1.29 is 9.53 Å². The molecule has 1 aromatic heterocycles. The molecule has 1 heterocycles. The van der Waals surface area contributed by atoms with Crippen LogP contribution in [0.3, 0.4) is 0 Å². The molecule has 1 aromatic carbocycles. The van der Waals surface area contributed by atoms with E-state index < -0.39 is 0 Å². The predicted octanol–water partition coefficient (Wildman–Crippen LogP) is 3.40. The fourth-order valence-electron chi connectivity index (χ4n) is 3.45. The molecule has 27 heavy (non-hydrogen) atoms. The second-order valence-electron chi connectivity index (χ2n) is 7.20. The zero-order valence-electron chi connectivity index (χ0n) is 16.1. The van der Waals surface area contributed by atoms with Crippen LogP contribution in [0.1, 0.15) is 57.2 Å². The van der Waals surface area contributed by atoms with Crippen molar-refractivity contribution in [2.75, 3.05) is 12.9 Å². The second-order valence-corrected chi connectivity index (χ2v) is 8.14. The molecule has 0 bridgehead atoms. The number of hydrogen-bond donors (Lipinski definition) is 1. The van der Waals surface area contributed by atoms with Crippen molar-refractivity contribution in [2.45, 2.75) is 56.8 Å². The Bertz CT molecular complexity index is 741. The predicted molar refractivity (Wildman–Crippen MR) is 105 cm³/mol. The van der Waals surface area contributed by atoms with Gasteiger partial charge in [-0.05, 0) is 46.9 Å². The van der Waals surface area contributed by atoms with Crippen molar-refractivity contribution in [1.29, 1.82) is 0 Å². The molecule has 2 aromatic rings. The van der Waals surface area contributed by atoms with E-state index >= 15 is 0 Å². The van der Waals surface area contributed by atoms with E-state index in [0.717, 1.165) is 29.3 Å². The van der Waals surface area contributed by atoms with Gasteiger partial charge in [-0.1, -0.05) is 50.6 Å². The Labute approximate surface area is 164 Å². The maximum atomic E-state index is 12.5. The Hall–Kier alpha value is -2.09. The first kappa shape index (κ1) is 19.7. The van der Waals surface area contributed by atoms with Crippen molar-refractivity contribution >= 4 is 17.7 Å². The highest BCUT2D eigenvalue weighted by Gasteiger charge is 2.23. The Morgan fingerprint density at radius 2 is 2.00 bits per heavy atom. The lowest BCUT2D eigenvalue weighted by molar-refractivity contribution is -0.119. The molecular weight excluding hydrogens is 362 g/mol. The minimum atomic E-state index is -0.0465. The van der Waals surface area contributed by atoms with E-state index in [-0.39, 0.29) is 17.9 Å². The van der Waals surface area contributed by atoms with Crippen molar-refractivity contribution in [3.8, 4) is 5.75 Å². The zero-order valence-corrected chi connectivity index (χ0v) is 16.9. The van der Waals surface area contributed by atoms with Crippen molar-refractivity contribution in [2.24, 2.45) is 5.92 Å². The van der Waals surface area contributed by atoms with Crippen molar-refractivity contribution in [1.82, 2.24) is 25.5 Å². The molecule has 0 saturated heterocycles. The van der Waals surface area contributed by atoms with Crippen LogP contribution >= 0.6 is 11.8 Å². The minimum Gasteiger partial charge on any atom is -0.497 e. The van der Waals surface area contributed by atoms with Gasteiger partial charge in [0, 0.05) is 0 Å². The molecule has 146 valence electrons. The summed E-state index contributed by atoms with van der Waals surface area (Å²) in [7, 11) is 1.65. The highest BCUT2D eigenvalue weighted by atomic mass is 32.2. The van der Waals surface area contributed by atoms with Gasteiger partial charge >= 0.3 is 0 Å². The number of benzene rings is 1. The molecule has 0 spiro atoms. The molecule has 1 fully saturated rings. The van der Waals surface area contributed by atoms with E-state index in [1.165, 1.54) is 24.6 Å². The number of carbonyl (C=O) groups excluding carboxylic acids is 1. The average molecular weight is 390 g/mol. The Balaban J connectivity index is 1.59. The Kier molecular flexibility index (Phi) is 6.71. The van der Waals surface area contributed by atoms with Crippen molar-refractivity contribution in [3.05, 3.63) is 29.8 Å². The summed E-state index contributed by atoms with van der Waals surface area (Å²) in [5.41, 5.74) is 1.07. The van der Waals surface area contributed by atoms with Gasteiger partial charge in [0.1, 0.15) is 5.75 Å². The maximum Gasteiger partial charge on any atom is 0.230 e. The molecule has 1 aliphatic carbocycles. The number of tetrazole rings is 1. The molecule has 7 nitrogen and oxygen atoms in total. The fraction of sp³-hybridized carbons (Fsp3) is 0.579. The number of amides is 1. The summed E-state index contributed by atoms with van der Waals surface area (Å²) >= 11 is 1.40. The third-order valence-electron chi connectivity index (χ3n) is 4.92. The number of thioether (sulfide) groups is 1. The van der Waals surface area contributed by atoms with E-state index in [2.05, 4.69) is 34.7 Å². The quantitative estimate of drug-likeness (QED) is 0.697. The fourth-order valence-corrected chi connectivity index (χ4v) is 4.21. The summed E-state index contributed by atoms with van der Waals surface area (Å²) in [5, 5.41) is 15.9. The highest BCUT2D eigenvalue weighted by molar-refractivity contribution is 7.99. The topological polar surface area (TPSA) is 81.9 Å². The zero-order chi connectivity index (χ0) is 19.2. The van der Waals surface area contributed by atoms with Gasteiger partial charge in [0.2, 0.25) is 11.1 Å². The number of ether oxygens (including phenoxy) is 1. The number of nitrogens with one attached hydrogen (secondary N) is 1. The lowest BCUT2D eigenvalue weighted by Gasteiger charge is -2.23. The summed E-state index contributed by atoms with van der Waals surface area (Å²) in [6, 6.07) is 8.15. The second kappa shape index (κ2) is 9.21. The number of aromatic nitrogens is 4. The van der Waals surface area contributed by atoms with Gasteiger partial charge in [-0.25, -0.2) is 4.68 Å². The molecule has 1 N–H and O–H groups in total. The van der Waals surface area contributed by atoms with Crippen LogP contribution in [0.4, 0.5) is 0 Å². The van der Waals surface area contributed by atoms with Crippen LogP contribution < -0.4 is 10.1 Å². The molecule has 0 radical (unpaired) electrons. The first-order valence-electron chi connectivity index (χ1n) is 9.42. The molecular formula is C19H27N5O2S. The van der Waals surface area contributed by atoms with E-state index in [1.54, 1.807) is 7.11 Å². The van der Waals surface area contributed by atoms with Gasteiger partial charge in [0.05, 0.1) is 24.9 Å². The van der Waals surface area contributed by atoms with Crippen LogP contribution in [0.25, 0.3) is 0 Å². The normalized spacial score (nSPS) is 15.9. The van der Waals surface area contributed by atoms with Crippen LogP contribution in [0.15, 0.2) is 29.4 Å². The Morgan fingerprint density at radius 1 is 1.30 bits per heavy atom. The average Bonchev–Trinajstić information content (AvgIpc) is 3.35. The number of nitrogens with zero attached hydrogens (tertiary/aromatic N) is 4. The van der Waals surface area contributed by atoms with Gasteiger partial charge in [-0.3, -0.25) is 4.79 Å². The number of rotatable bonds is 8. The van der Waals surface area contributed by atoms with Crippen LogP contribution in [0.5, 0.6) is 5.75 Å². The number of carbonyl (C=O) groups is 1. The smallest absolute Gasteiger partial charge is 0.230 e. The Morgan fingerprint density at radius 3 is 2.63 bits per heavy atom. The van der Waals surface area contributed by atoms with E-state index in [4.69, 9.17) is 4.74 Å². The van der Waals surface area contributed by atoms with Gasteiger partial charge < -0.3 is 10.1 Å². The monoisotopic (exact) mass is 389 g/mol. The molecule has 1 saturated carbocycles. The SMILES string of the molecule is COc1ccc(C(NC(=O)CSc2nnnn2C2CCCC2)C(C)C)cc1. The molecule has 1 atom stereocenters. The summed E-state index contributed by atoms with van der Waals surface area (Å²) in [6.07, 6.45) is 4.65. The van der Waals surface area contributed by atoms with E-state index in [0.29, 0.717) is 11.8 Å². The van der Waals surface area contributed by atoms with E-state index in [9.17, 15) is 4.79 Å². The molecule has 8 heteroatoms. The lowest BCUT2D eigenvalue weighted by atomic mass is 9.96. The number of hydrogen-bond acceptors (Lipinski definition) is 6. The first-order chi connectivity index (χ1) is 13.1. The minimum absolute atomic E-state index is 0.0181. The first-order valence-corrected chi connectivity index (χ1v) is 10.4. The molecule has 3 rings (SSSR count). The van der Waals surface area contributed by atoms with Crippen LogP contribution in [0.2, 0.25) is 0 Å². The third-order valence-corrected chi connectivity index (χ3v) is 5.86. The highest BCUT2D eigenvalue weighted by Crippen LogP contribution is 2.31. The van der Waals surface area contributed by atoms with Gasteiger partial charge in [0.15, 0.2) is 0 Å². The third kappa shape index (κ3) is 5.00.